The number of rotatable bonds is 5. The van der Waals surface area contributed by atoms with Crippen LogP contribution in [0.2, 0.25) is 0 Å². The fourth-order valence-electron chi connectivity index (χ4n) is 2.30. The molecule has 1 aromatic heterocycles. The molecule has 0 saturated heterocycles. The number of para-hydroxylation sites is 1. The van der Waals surface area contributed by atoms with Crippen LogP contribution in [0.3, 0.4) is 0 Å². The Hall–Kier alpha value is -2.84. The molecule has 3 rings (SSSR count). The Labute approximate surface area is 138 Å². The van der Waals surface area contributed by atoms with Crippen molar-refractivity contribution >= 4 is 26.7 Å². The third-order valence-electron chi connectivity index (χ3n) is 3.45. The molecule has 7 nitrogen and oxygen atoms in total. The number of benzene rings is 2. The van der Waals surface area contributed by atoms with Gasteiger partial charge in [0.2, 0.25) is 10.0 Å². The molecule has 8 heteroatoms. The highest BCUT2D eigenvalue weighted by atomic mass is 32.2. The van der Waals surface area contributed by atoms with E-state index >= 15 is 0 Å². The van der Waals surface area contributed by atoms with Crippen LogP contribution in [0.25, 0.3) is 10.9 Å². The summed E-state index contributed by atoms with van der Waals surface area (Å²) < 4.78 is 27.7. The van der Waals surface area contributed by atoms with Crippen molar-refractivity contribution in [3.8, 4) is 0 Å². The molecule has 0 radical (unpaired) electrons. The molecular weight excluding hydrogens is 330 g/mol. The first-order chi connectivity index (χ1) is 11.5. The van der Waals surface area contributed by atoms with Crippen LogP contribution in [0.5, 0.6) is 0 Å². The Kier molecular flexibility index (Phi) is 4.24. The van der Waals surface area contributed by atoms with Gasteiger partial charge in [0.1, 0.15) is 4.90 Å². The fraction of sp³-hybridized carbons (Fsp3) is 0.0625. The highest BCUT2D eigenvalue weighted by Crippen LogP contribution is 2.25. The number of aromatic nitrogens is 1. The summed E-state index contributed by atoms with van der Waals surface area (Å²) in [4.78, 5) is 14.0. The fourth-order valence-corrected chi connectivity index (χ4v) is 3.53. The number of fused-ring (bicyclic) bond motifs is 1. The van der Waals surface area contributed by atoms with Crippen molar-refractivity contribution in [2.75, 3.05) is 0 Å². The SMILES string of the molecule is O=[N+]([O-])c1cc(S(=O)(=O)NCc2ccccc2)c2ccccc2n1. The number of nitro groups is 1. The van der Waals surface area contributed by atoms with Crippen molar-refractivity contribution in [2.45, 2.75) is 11.4 Å². The molecule has 0 saturated carbocycles. The van der Waals surface area contributed by atoms with Crippen molar-refractivity contribution in [1.29, 1.82) is 0 Å². The summed E-state index contributed by atoms with van der Waals surface area (Å²) in [6.45, 7) is 0.0909. The highest BCUT2D eigenvalue weighted by molar-refractivity contribution is 7.89. The molecule has 0 atom stereocenters. The monoisotopic (exact) mass is 343 g/mol. The van der Waals surface area contributed by atoms with Gasteiger partial charge >= 0.3 is 5.82 Å². The van der Waals surface area contributed by atoms with Crippen LogP contribution in [0.4, 0.5) is 5.82 Å². The van der Waals surface area contributed by atoms with Crippen LogP contribution >= 0.6 is 0 Å². The molecule has 1 N–H and O–H groups in total. The number of hydrogen-bond acceptors (Lipinski definition) is 5. The van der Waals surface area contributed by atoms with Crippen LogP contribution in [-0.2, 0) is 16.6 Å². The van der Waals surface area contributed by atoms with E-state index in [1.54, 1.807) is 48.5 Å². The van der Waals surface area contributed by atoms with E-state index in [-0.39, 0.29) is 17.0 Å². The van der Waals surface area contributed by atoms with Gasteiger partial charge in [-0.2, -0.15) is 0 Å². The van der Waals surface area contributed by atoms with Crippen molar-refractivity contribution in [1.82, 2.24) is 9.71 Å². The summed E-state index contributed by atoms with van der Waals surface area (Å²) in [6.07, 6.45) is 0. The Balaban J connectivity index is 2.04. The third kappa shape index (κ3) is 3.24. The van der Waals surface area contributed by atoms with E-state index in [0.29, 0.717) is 5.39 Å². The first-order valence-electron chi connectivity index (χ1n) is 7.05. The van der Waals surface area contributed by atoms with Gasteiger partial charge < -0.3 is 10.1 Å². The van der Waals surface area contributed by atoms with Gasteiger partial charge in [0.15, 0.2) is 5.52 Å². The van der Waals surface area contributed by atoms with Crippen LogP contribution in [0, 0.1) is 10.1 Å². The normalized spacial score (nSPS) is 11.5. The van der Waals surface area contributed by atoms with Gasteiger partial charge in [-0.1, -0.05) is 42.5 Å². The molecule has 3 aromatic rings. The zero-order valence-corrected chi connectivity index (χ0v) is 13.2. The number of nitrogens with one attached hydrogen (secondary N) is 1. The van der Waals surface area contributed by atoms with Gasteiger partial charge in [-0.05, 0) is 27.6 Å². The minimum Gasteiger partial charge on any atom is -0.358 e. The Bertz CT molecular complexity index is 1000. The molecule has 0 bridgehead atoms. The lowest BCUT2D eigenvalue weighted by Crippen LogP contribution is -2.23. The van der Waals surface area contributed by atoms with Crippen molar-refractivity contribution in [3.63, 3.8) is 0 Å². The molecule has 2 aromatic carbocycles. The number of sulfonamides is 1. The van der Waals surface area contributed by atoms with Crippen molar-refractivity contribution < 1.29 is 13.3 Å². The molecule has 0 aliphatic rings. The minimum absolute atomic E-state index is 0.0909. The van der Waals surface area contributed by atoms with Crippen LogP contribution in [-0.4, -0.2) is 18.3 Å². The number of pyridine rings is 1. The van der Waals surface area contributed by atoms with Gasteiger partial charge in [0, 0.05) is 11.9 Å². The highest BCUT2D eigenvalue weighted by Gasteiger charge is 2.23. The molecule has 24 heavy (non-hydrogen) atoms. The van der Waals surface area contributed by atoms with E-state index in [4.69, 9.17) is 0 Å². The van der Waals surface area contributed by atoms with E-state index in [1.165, 1.54) is 0 Å². The lowest BCUT2D eigenvalue weighted by molar-refractivity contribution is -0.389. The molecule has 1 heterocycles. The maximum absolute atomic E-state index is 12.6. The summed E-state index contributed by atoms with van der Waals surface area (Å²) in [6, 6.07) is 16.4. The Morgan fingerprint density at radius 3 is 2.42 bits per heavy atom. The second kappa shape index (κ2) is 6.34. The molecule has 0 amide bonds. The lowest BCUT2D eigenvalue weighted by atomic mass is 10.2. The minimum atomic E-state index is -3.94. The maximum Gasteiger partial charge on any atom is 0.365 e. The van der Waals surface area contributed by atoms with Gasteiger partial charge in [-0.15, -0.1) is 0 Å². The van der Waals surface area contributed by atoms with Gasteiger partial charge in [-0.25, -0.2) is 13.1 Å². The summed E-state index contributed by atoms with van der Waals surface area (Å²) in [5.41, 5.74) is 1.04. The van der Waals surface area contributed by atoms with E-state index in [2.05, 4.69) is 9.71 Å². The van der Waals surface area contributed by atoms with E-state index in [0.717, 1.165) is 11.6 Å². The summed E-state index contributed by atoms with van der Waals surface area (Å²) in [5.74, 6) is -0.506. The number of nitrogens with zero attached hydrogens (tertiary/aromatic N) is 2. The molecule has 122 valence electrons. The zero-order chi connectivity index (χ0) is 17.2. The Morgan fingerprint density at radius 1 is 1.04 bits per heavy atom. The topological polar surface area (TPSA) is 102 Å². The van der Waals surface area contributed by atoms with Gasteiger partial charge in [-0.3, -0.25) is 0 Å². The smallest absolute Gasteiger partial charge is 0.358 e. The van der Waals surface area contributed by atoms with E-state index < -0.39 is 20.8 Å². The van der Waals surface area contributed by atoms with E-state index in [9.17, 15) is 18.5 Å². The van der Waals surface area contributed by atoms with Crippen molar-refractivity contribution in [3.05, 3.63) is 76.3 Å². The van der Waals surface area contributed by atoms with Gasteiger partial charge in [0.25, 0.3) is 0 Å². The molecule has 0 fully saturated rings. The third-order valence-corrected chi connectivity index (χ3v) is 4.89. The van der Waals surface area contributed by atoms with Crippen LogP contribution in [0.15, 0.2) is 65.6 Å². The standard InChI is InChI=1S/C16H13N3O4S/c20-19(21)16-10-15(13-8-4-5-9-14(13)18-16)24(22,23)17-11-12-6-2-1-3-7-12/h1-10,17H,11H2. The summed E-state index contributed by atoms with van der Waals surface area (Å²) in [5, 5.41) is 11.4. The summed E-state index contributed by atoms with van der Waals surface area (Å²) >= 11 is 0. The lowest BCUT2D eigenvalue weighted by Gasteiger charge is -2.08. The second-order valence-electron chi connectivity index (χ2n) is 5.06. The first-order valence-corrected chi connectivity index (χ1v) is 8.53. The zero-order valence-electron chi connectivity index (χ0n) is 12.4. The molecule has 0 spiro atoms. The number of hydrogen-bond donors (Lipinski definition) is 1. The van der Waals surface area contributed by atoms with Crippen molar-refractivity contribution in [2.24, 2.45) is 0 Å². The van der Waals surface area contributed by atoms with Gasteiger partial charge in [0.05, 0.1) is 6.07 Å². The van der Waals surface area contributed by atoms with E-state index in [1.807, 2.05) is 6.07 Å². The summed E-state index contributed by atoms with van der Waals surface area (Å²) in [7, 11) is -3.94. The second-order valence-corrected chi connectivity index (χ2v) is 6.80. The largest absolute Gasteiger partial charge is 0.365 e. The predicted octanol–water partition coefficient (Wildman–Crippen LogP) is 2.62. The quantitative estimate of drug-likeness (QED) is 0.567. The van der Waals surface area contributed by atoms with Crippen LogP contribution in [0.1, 0.15) is 5.56 Å². The molecule has 0 aliphatic heterocycles. The maximum atomic E-state index is 12.6. The molecule has 0 aliphatic carbocycles. The average molecular weight is 343 g/mol. The Morgan fingerprint density at radius 2 is 1.71 bits per heavy atom. The molecule has 0 unspecified atom stereocenters. The molecular formula is C16H13N3O4S. The predicted molar refractivity (Wildman–Crippen MR) is 88.9 cm³/mol. The first kappa shape index (κ1) is 16.0. The average Bonchev–Trinajstić information content (AvgIpc) is 2.60. The van der Waals surface area contributed by atoms with Crippen LogP contribution < -0.4 is 4.72 Å².